The number of carbonyl (C=O) groups excluding carboxylic acids is 2. The number of amides is 2. The number of halogens is 1. The van der Waals surface area contributed by atoms with Crippen molar-refractivity contribution >= 4 is 35.2 Å². The highest BCUT2D eigenvalue weighted by Crippen LogP contribution is 2.22. The lowest BCUT2D eigenvalue weighted by Crippen LogP contribution is -2.48. The van der Waals surface area contributed by atoms with E-state index in [-0.39, 0.29) is 11.8 Å². The molecule has 0 aliphatic carbocycles. The Balaban J connectivity index is 2.00. The van der Waals surface area contributed by atoms with Crippen LogP contribution in [0.15, 0.2) is 53.4 Å². The van der Waals surface area contributed by atoms with Crippen molar-refractivity contribution in [1.29, 1.82) is 0 Å². The van der Waals surface area contributed by atoms with Crippen molar-refractivity contribution in [3.63, 3.8) is 0 Å². The minimum absolute atomic E-state index is 0.0127. The number of aryl methyl sites for hydroxylation is 1. The molecule has 0 saturated heterocycles. The average molecular weight is 433 g/mol. The lowest BCUT2D eigenvalue weighted by molar-refractivity contribution is -0.141. The van der Waals surface area contributed by atoms with Gasteiger partial charge in [0.25, 0.3) is 0 Å². The summed E-state index contributed by atoms with van der Waals surface area (Å²) in [6.07, 6.45) is 1.75. The summed E-state index contributed by atoms with van der Waals surface area (Å²) in [5.74, 6) is 0.727. The third kappa shape index (κ3) is 7.41. The molecule has 0 aliphatic rings. The fraction of sp³-hybridized carbons (Fsp3) is 0.391. The highest BCUT2D eigenvalue weighted by atomic mass is 35.5. The maximum Gasteiger partial charge on any atom is 0.242 e. The van der Waals surface area contributed by atoms with Crippen LogP contribution < -0.4 is 5.32 Å². The van der Waals surface area contributed by atoms with E-state index in [1.807, 2.05) is 56.3 Å². The summed E-state index contributed by atoms with van der Waals surface area (Å²) in [6.45, 7) is 4.41. The molecule has 6 heteroatoms. The van der Waals surface area contributed by atoms with Crippen molar-refractivity contribution < 1.29 is 9.59 Å². The maximum absolute atomic E-state index is 13.0. The normalized spacial score (nSPS) is 11.7. The van der Waals surface area contributed by atoms with Crippen molar-refractivity contribution in [2.24, 2.45) is 0 Å². The van der Waals surface area contributed by atoms with Crippen molar-refractivity contribution in [2.45, 2.75) is 50.6 Å². The molecule has 0 fully saturated rings. The molecule has 156 valence electrons. The second kappa shape index (κ2) is 11.9. The number of likely N-dealkylation sites (N-methyl/N-ethyl adjacent to an activating group) is 1. The first-order valence-electron chi connectivity index (χ1n) is 9.89. The monoisotopic (exact) mass is 432 g/mol. The number of hydrogen-bond acceptors (Lipinski definition) is 3. The van der Waals surface area contributed by atoms with E-state index in [4.69, 9.17) is 11.6 Å². The molecule has 2 amide bonds. The largest absolute Gasteiger partial charge is 0.357 e. The minimum Gasteiger partial charge on any atom is -0.357 e. The van der Waals surface area contributed by atoms with Gasteiger partial charge in [0, 0.05) is 29.9 Å². The second-order valence-electron chi connectivity index (χ2n) is 6.95. The van der Waals surface area contributed by atoms with E-state index in [0.717, 1.165) is 33.2 Å². The molecule has 2 aromatic rings. The third-order valence-corrected chi connectivity index (χ3v) is 6.04. The van der Waals surface area contributed by atoms with Crippen LogP contribution >= 0.6 is 23.4 Å². The highest BCUT2D eigenvalue weighted by molar-refractivity contribution is 7.99. The molecule has 2 aromatic carbocycles. The molecule has 0 heterocycles. The van der Waals surface area contributed by atoms with Crippen LogP contribution in [0.5, 0.6) is 0 Å². The first-order valence-corrected chi connectivity index (χ1v) is 11.3. The van der Waals surface area contributed by atoms with E-state index >= 15 is 0 Å². The van der Waals surface area contributed by atoms with Gasteiger partial charge in [-0.15, -0.1) is 11.8 Å². The van der Waals surface area contributed by atoms with Gasteiger partial charge < -0.3 is 10.2 Å². The SMILES string of the molecule is CCC(C(=O)NC)N(Cc1cccc(C)c1)C(=O)CCCSc1ccc(Cl)cc1. The van der Waals surface area contributed by atoms with Crippen molar-refractivity contribution in [3.8, 4) is 0 Å². The Kier molecular flexibility index (Phi) is 9.55. The molecule has 0 aliphatic heterocycles. The number of benzene rings is 2. The first kappa shape index (κ1) is 23.3. The standard InChI is InChI=1S/C23H29ClN2O2S/c1-4-21(23(28)25-3)26(16-18-8-5-7-17(2)15-18)22(27)9-6-14-29-20-12-10-19(24)11-13-20/h5,7-8,10-13,15,21H,4,6,9,14,16H2,1-3H3,(H,25,28). The van der Waals surface area contributed by atoms with E-state index in [1.165, 1.54) is 0 Å². The van der Waals surface area contributed by atoms with E-state index < -0.39 is 6.04 Å². The van der Waals surface area contributed by atoms with Gasteiger partial charge in [-0.3, -0.25) is 9.59 Å². The predicted molar refractivity (Wildman–Crippen MR) is 121 cm³/mol. The third-order valence-electron chi connectivity index (χ3n) is 4.69. The molecule has 0 saturated carbocycles. The number of hydrogen-bond donors (Lipinski definition) is 1. The van der Waals surface area contributed by atoms with Crippen LogP contribution in [0.25, 0.3) is 0 Å². The number of carbonyl (C=O) groups is 2. The van der Waals surface area contributed by atoms with Gasteiger partial charge in [-0.05, 0) is 55.3 Å². The summed E-state index contributed by atoms with van der Waals surface area (Å²) in [4.78, 5) is 28.3. The van der Waals surface area contributed by atoms with Crippen LogP contribution in [0.1, 0.15) is 37.3 Å². The van der Waals surface area contributed by atoms with Gasteiger partial charge in [0.05, 0.1) is 0 Å². The van der Waals surface area contributed by atoms with Crippen LogP contribution in [0.2, 0.25) is 5.02 Å². The molecule has 0 aromatic heterocycles. The van der Waals surface area contributed by atoms with Crippen LogP contribution in [0.4, 0.5) is 0 Å². The van der Waals surface area contributed by atoms with Gasteiger partial charge >= 0.3 is 0 Å². The predicted octanol–water partition coefficient (Wildman–Crippen LogP) is 5.07. The molecular formula is C23H29ClN2O2S. The molecule has 0 spiro atoms. The number of nitrogens with one attached hydrogen (secondary N) is 1. The zero-order valence-corrected chi connectivity index (χ0v) is 18.9. The van der Waals surface area contributed by atoms with Crippen molar-refractivity contribution in [1.82, 2.24) is 10.2 Å². The van der Waals surface area contributed by atoms with Gasteiger partial charge in [0.1, 0.15) is 6.04 Å². The molecule has 1 unspecified atom stereocenters. The summed E-state index contributed by atoms with van der Waals surface area (Å²) in [7, 11) is 1.61. The Hall–Kier alpha value is -1.98. The summed E-state index contributed by atoms with van der Waals surface area (Å²) in [5.41, 5.74) is 2.18. The average Bonchev–Trinajstić information content (AvgIpc) is 2.72. The summed E-state index contributed by atoms with van der Waals surface area (Å²) in [5, 5.41) is 3.41. The highest BCUT2D eigenvalue weighted by Gasteiger charge is 2.27. The van der Waals surface area contributed by atoms with Crippen molar-refractivity contribution in [3.05, 3.63) is 64.7 Å². The zero-order chi connectivity index (χ0) is 21.2. The molecule has 1 N–H and O–H groups in total. The lowest BCUT2D eigenvalue weighted by atomic mass is 10.1. The number of rotatable bonds is 10. The van der Waals surface area contributed by atoms with Crippen molar-refractivity contribution in [2.75, 3.05) is 12.8 Å². The zero-order valence-electron chi connectivity index (χ0n) is 17.3. The van der Waals surface area contributed by atoms with Crippen LogP contribution in [-0.2, 0) is 16.1 Å². The van der Waals surface area contributed by atoms with Gasteiger partial charge in [-0.25, -0.2) is 0 Å². The summed E-state index contributed by atoms with van der Waals surface area (Å²) >= 11 is 7.62. The van der Waals surface area contributed by atoms with E-state index in [2.05, 4.69) is 11.4 Å². The van der Waals surface area contributed by atoms with Crippen LogP contribution in [0, 0.1) is 6.92 Å². The van der Waals surface area contributed by atoms with Gasteiger partial charge in [0.2, 0.25) is 11.8 Å². The molecular weight excluding hydrogens is 404 g/mol. The first-order chi connectivity index (χ1) is 13.9. The van der Waals surface area contributed by atoms with Crippen LogP contribution in [0.3, 0.4) is 0 Å². The fourth-order valence-corrected chi connectivity index (χ4v) is 4.16. The van der Waals surface area contributed by atoms with E-state index in [9.17, 15) is 9.59 Å². The Morgan fingerprint density at radius 3 is 2.52 bits per heavy atom. The van der Waals surface area contributed by atoms with E-state index in [0.29, 0.717) is 19.4 Å². The van der Waals surface area contributed by atoms with Gasteiger partial charge in [-0.2, -0.15) is 0 Å². The second-order valence-corrected chi connectivity index (χ2v) is 8.56. The summed E-state index contributed by atoms with van der Waals surface area (Å²) < 4.78 is 0. The fourth-order valence-electron chi connectivity index (χ4n) is 3.18. The quantitative estimate of drug-likeness (QED) is 0.421. The molecule has 0 radical (unpaired) electrons. The Bertz CT molecular complexity index is 811. The number of nitrogens with zero attached hydrogens (tertiary/aromatic N) is 1. The van der Waals surface area contributed by atoms with E-state index in [1.54, 1.807) is 23.7 Å². The molecule has 2 rings (SSSR count). The van der Waals surface area contributed by atoms with Gasteiger partial charge in [-0.1, -0.05) is 48.4 Å². The Morgan fingerprint density at radius 2 is 1.90 bits per heavy atom. The molecule has 29 heavy (non-hydrogen) atoms. The summed E-state index contributed by atoms with van der Waals surface area (Å²) in [6, 6.07) is 15.3. The van der Waals surface area contributed by atoms with Gasteiger partial charge in [0.15, 0.2) is 0 Å². The molecule has 1 atom stereocenters. The van der Waals surface area contributed by atoms with Crippen LogP contribution in [-0.4, -0.2) is 35.6 Å². The number of thioether (sulfide) groups is 1. The lowest BCUT2D eigenvalue weighted by Gasteiger charge is -2.30. The topological polar surface area (TPSA) is 49.4 Å². The Morgan fingerprint density at radius 1 is 1.17 bits per heavy atom. The minimum atomic E-state index is -0.461. The Labute approximate surface area is 183 Å². The maximum atomic E-state index is 13.0. The molecule has 4 nitrogen and oxygen atoms in total. The molecule has 0 bridgehead atoms. The smallest absolute Gasteiger partial charge is 0.242 e.